The molecule has 4 aromatic rings. The number of rotatable bonds is 3. The number of carbonyl (C=O) groups excluding carboxylic acids is 1. The minimum Gasteiger partial charge on any atom is -0.268 e. The first-order chi connectivity index (χ1) is 13.1. The quantitative estimate of drug-likeness (QED) is 0.306. The minimum absolute atomic E-state index is 0.166. The van der Waals surface area contributed by atoms with Crippen LogP contribution in [0.3, 0.4) is 0 Å². The molecule has 0 atom stereocenters. The van der Waals surface area contributed by atoms with Crippen LogP contribution in [0.5, 0.6) is 0 Å². The van der Waals surface area contributed by atoms with Crippen molar-refractivity contribution in [3.8, 4) is 0 Å². The first-order valence-corrected chi connectivity index (χ1v) is 9.07. The third-order valence-corrected chi connectivity index (χ3v) is 4.74. The van der Waals surface area contributed by atoms with E-state index in [1.807, 2.05) is 54.6 Å². The SMILES string of the molecule is O=C(/C(=C/c1ccc(Cl)cc1)c1ccc(Cl)cc1)n1cnc2ccccc21. The fourth-order valence-corrected chi connectivity index (χ4v) is 3.13. The van der Waals surface area contributed by atoms with Crippen molar-refractivity contribution in [2.45, 2.75) is 0 Å². The standard InChI is InChI=1S/C22H14Cl2N2O/c23-17-9-5-15(6-10-17)13-19(16-7-11-18(24)12-8-16)22(27)26-14-25-20-3-1-2-4-21(20)26/h1-14H/b19-13+. The zero-order valence-electron chi connectivity index (χ0n) is 14.1. The van der Waals surface area contributed by atoms with Crippen LogP contribution in [0, 0.1) is 0 Å². The molecule has 0 spiro atoms. The number of carbonyl (C=O) groups is 1. The molecule has 0 amide bonds. The molecule has 0 saturated carbocycles. The van der Waals surface area contributed by atoms with Gasteiger partial charge in [-0.15, -0.1) is 0 Å². The largest absolute Gasteiger partial charge is 0.268 e. The Morgan fingerprint density at radius 3 is 2.19 bits per heavy atom. The van der Waals surface area contributed by atoms with Crippen LogP contribution in [0.1, 0.15) is 15.9 Å². The van der Waals surface area contributed by atoms with E-state index in [2.05, 4.69) is 4.98 Å². The van der Waals surface area contributed by atoms with E-state index in [1.54, 1.807) is 35.2 Å². The lowest BCUT2D eigenvalue weighted by molar-refractivity contribution is 0.0985. The van der Waals surface area contributed by atoms with E-state index < -0.39 is 0 Å². The Bertz CT molecular complexity index is 1140. The number of hydrogen-bond acceptors (Lipinski definition) is 2. The minimum atomic E-state index is -0.166. The molecule has 0 unspecified atom stereocenters. The summed E-state index contributed by atoms with van der Waals surface area (Å²) < 4.78 is 1.56. The Balaban J connectivity index is 1.85. The van der Waals surface area contributed by atoms with Gasteiger partial charge < -0.3 is 0 Å². The van der Waals surface area contributed by atoms with Gasteiger partial charge in [0.05, 0.1) is 11.0 Å². The van der Waals surface area contributed by atoms with Crippen LogP contribution in [0.15, 0.2) is 79.1 Å². The third-order valence-electron chi connectivity index (χ3n) is 4.24. The highest BCUT2D eigenvalue weighted by Crippen LogP contribution is 2.25. The van der Waals surface area contributed by atoms with E-state index in [0.717, 1.165) is 22.2 Å². The highest BCUT2D eigenvalue weighted by Gasteiger charge is 2.17. The monoisotopic (exact) mass is 392 g/mol. The summed E-state index contributed by atoms with van der Waals surface area (Å²) in [7, 11) is 0. The van der Waals surface area contributed by atoms with E-state index in [-0.39, 0.29) is 5.91 Å². The topological polar surface area (TPSA) is 34.9 Å². The number of benzene rings is 3. The highest BCUT2D eigenvalue weighted by molar-refractivity contribution is 6.31. The van der Waals surface area contributed by atoms with Crippen molar-refractivity contribution in [2.24, 2.45) is 0 Å². The lowest BCUT2D eigenvalue weighted by Crippen LogP contribution is -2.11. The van der Waals surface area contributed by atoms with Gasteiger partial charge in [-0.25, -0.2) is 4.98 Å². The van der Waals surface area contributed by atoms with Crippen molar-refractivity contribution in [2.75, 3.05) is 0 Å². The maximum absolute atomic E-state index is 13.4. The van der Waals surface area contributed by atoms with Crippen molar-refractivity contribution in [3.05, 3.63) is 100 Å². The summed E-state index contributed by atoms with van der Waals surface area (Å²) in [5.74, 6) is -0.166. The highest BCUT2D eigenvalue weighted by atomic mass is 35.5. The van der Waals surface area contributed by atoms with Gasteiger partial charge in [-0.2, -0.15) is 0 Å². The predicted octanol–water partition coefficient (Wildman–Crippen LogP) is 6.22. The van der Waals surface area contributed by atoms with Gasteiger partial charge in [-0.1, -0.05) is 59.6 Å². The van der Waals surface area contributed by atoms with Crippen LogP contribution in [-0.2, 0) is 0 Å². The van der Waals surface area contributed by atoms with Gasteiger partial charge in [0.1, 0.15) is 6.33 Å². The molecule has 5 heteroatoms. The van der Waals surface area contributed by atoms with Gasteiger partial charge in [0, 0.05) is 15.6 Å². The first-order valence-electron chi connectivity index (χ1n) is 8.32. The molecule has 0 aliphatic heterocycles. The number of fused-ring (bicyclic) bond motifs is 1. The van der Waals surface area contributed by atoms with Gasteiger partial charge in [0.25, 0.3) is 5.91 Å². The number of hydrogen-bond donors (Lipinski definition) is 0. The molecular weight excluding hydrogens is 379 g/mol. The molecule has 0 aliphatic rings. The van der Waals surface area contributed by atoms with Gasteiger partial charge in [0.15, 0.2) is 0 Å². The lowest BCUT2D eigenvalue weighted by Gasteiger charge is -2.09. The lowest BCUT2D eigenvalue weighted by atomic mass is 10.0. The molecule has 0 aliphatic carbocycles. The van der Waals surface area contributed by atoms with Gasteiger partial charge in [-0.05, 0) is 53.6 Å². The summed E-state index contributed by atoms with van der Waals surface area (Å²) in [4.78, 5) is 17.7. The Morgan fingerprint density at radius 1 is 0.852 bits per heavy atom. The van der Waals surface area contributed by atoms with E-state index in [4.69, 9.17) is 23.2 Å². The van der Waals surface area contributed by atoms with Gasteiger partial charge >= 0.3 is 0 Å². The molecular formula is C22H14Cl2N2O. The van der Waals surface area contributed by atoms with Crippen LogP contribution in [-0.4, -0.2) is 15.5 Å². The Kier molecular flexibility index (Phi) is 4.80. The number of para-hydroxylation sites is 2. The maximum atomic E-state index is 13.4. The second-order valence-corrected chi connectivity index (χ2v) is 6.90. The summed E-state index contributed by atoms with van der Waals surface area (Å²) in [5, 5.41) is 1.26. The zero-order valence-corrected chi connectivity index (χ0v) is 15.7. The second-order valence-electron chi connectivity index (χ2n) is 6.02. The zero-order chi connectivity index (χ0) is 18.8. The average Bonchev–Trinajstić information content (AvgIpc) is 3.12. The molecule has 0 radical (unpaired) electrons. The number of allylic oxidation sites excluding steroid dienone is 1. The van der Waals surface area contributed by atoms with Crippen LogP contribution in [0.4, 0.5) is 0 Å². The number of nitrogens with zero attached hydrogens (tertiary/aromatic N) is 2. The molecule has 132 valence electrons. The summed E-state index contributed by atoms with van der Waals surface area (Å²) in [6.07, 6.45) is 3.40. The number of imidazole rings is 1. The van der Waals surface area contributed by atoms with E-state index in [0.29, 0.717) is 15.6 Å². The van der Waals surface area contributed by atoms with Crippen LogP contribution in [0.2, 0.25) is 10.0 Å². The second kappa shape index (κ2) is 7.39. The predicted molar refractivity (Wildman–Crippen MR) is 111 cm³/mol. The van der Waals surface area contributed by atoms with Crippen LogP contribution < -0.4 is 0 Å². The molecule has 1 aromatic heterocycles. The molecule has 0 N–H and O–H groups in total. The Labute approximate surface area is 166 Å². The molecule has 0 saturated heterocycles. The molecule has 27 heavy (non-hydrogen) atoms. The fraction of sp³-hybridized carbons (Fsp3) is 0. The summed E-state index contributed by atoms with van der Waals surface area (Å²) in [6, 6.07) is 22.1. The van der Waals surface area contributed by atoms with Crippen molar-refractivity contribution >= 4 is 51.8 Å². The van der Waals surface area contributed by atoms with Crippen LogP contribution >= 0.6 is 23.2 Å². The Morgan fingerprint density at radius 2 is 1.48 bits per heavy atom. The van der Waals surface area contributed by atoms with Crippen LogP contribution in [0.25, 0.3) is 22.7 Å². The third kappa shape index (κ3) is 3.65. The molecule has 0 fully saturated rings. The molecule has 4 rings (SSSR count). The van der Waals surface area contributed by atoms with Crippen molar-refractivity contribution in [3.63, 3.8) is 0 Å². The smallest absolute Gasteiger partial charge is 0.264 e. The maximum Gasteiger partial charge on any atom is 0.264 e. The van der Waals surface area contributed by atoms with E-state index in [9.17, 15) is 4.79 Å². The molecule has 0 bridgehead atoms. The summed E-state index contributed by atoms with van der Waals surface area (Å²) >= 11 is 12.0. The first kappa shape index (κ1) is 17.5. The normalized spacial score (nSPS) is 11.7. The van der Waals surface area contributed by atoms with E-state index >= 15 is 0 Å². The van der Waals surface area contributed by atoms with Crippen molar-refractivity contribution < 1.29 is 4.79 Å². The molecule has 1 heterocycles. The van der Waals surface area contributed by atoms with E-state index in [1.165, 1.54) is 0 Å². The van der Waals surface area contributed by atoms with Crippen molar-refractivity contribution in [1.82, 2.24) is 9.55 Å². The van der Waals surface area contributed by atoms with Gasteiger partial charge in [-0.3, -0.25) is 9.36 Å². The van der Waals surface area contributed by atoms with Crippen molar-refractivity contribution in [1.29, 1.82) is 0 Å². The average molecular weight is 393 g/mol. The Hall–Kier alpha value is -2.88. The van der Waals surface area contributed by atoms with Gasteiger partial charge in [0.2, 0.25) is 0 Å². The molecule has 3 nitrogen and oxygen atoms in total. The fourth-order valence-electron chi connectivity index (χ4n) is 2.87. The number of halogens is 2. The molecule has 3 aromatic carbocycles. The summed E-state index contributed by atoms with van der Waals surface area (Å²) in [6.45, 7) is 0. The number of aromatic nitrogens is 2. The summed E-state index contributed by atoms with van der Waals surface area (Å²) in [5.41, 5.74) is 3.72.